The average molecular weight is 296 g/mol. The molecule has 0 radical (unpaired) electrons. The number of hydrogen-bond donors (Lipinski definition) is 3. The highest BCUT2D eigenvalue weighted by atomic mass is 16.4. The Morgan fingerprint density at radius 1 is 1.38 bits per heavy atom. The number of aryl methyl sites for hydroxylation is 1. The SMILES string of the molecule is CC(C)C[C@H](NC(=O)CNC(=O)c1cnn(C)c1)C(=O)O. The number of carboxylic acids is 1. The van der Waals surface area contributed by atoms with Crippen molar-refractivity contribution >= 4 is 17.8 Å². The maximum Gasteiger partial charge on any atom is 0.326 e. The van der Waals surface area contributed by atoms with Gasteiger partial charge in [0.25, 0.3) is 5.91 Å². The van der Waals surface area contributed by atoms with Crippen LogP contribution in [0.1, 0.15) is 30.6 Å². The molecule has 21 heavy (non-hydrogen) atoms. The lowest BCUT2D eigenvalue weighted by molar-refractivity contribution is -0.142. The van der Waals surface area contributed by atoms with Gasteiger partial charge in [-0.15, -0.1) is 0 Å². The summed E-state index contributed by atoms with van der Waals surface area (Å²) in [5.41, 5.74) is 0.335. The minimum absolute atomic E-state index is 0.136. The largest absolute Gasteiger partial charge is 0.480 e. The number of rotatable bonds is 7. The van der Waals surface area contributed by atoms with Crippen LogP contribution in [-0.2, 0) is 16.6 Å². The van der Waals surface area contributed by atoms with Crippen LogP contribution in [-0.4, -0.2) is 45.3 Å². The summed E-state index contributed by atoms with van der Waals surface area (Å²) in [6, 6.07) is -0.951. The van der Waals surface area contributed by atoms with E-state index in [2.05, 4.69) is 15.7 Å². The molecule has 1 atom stereocenters. The first-order valence-electron chi connectivity index (χ1n) is 6.58. The van der Waals surface area contributed by atoms with E-state index in [1.165, 1.54) is 17.1 Å². The van der Waals surface area contributed by atoms with E-state index in [1.807, 2.05) is 13.8 Å². The highest BCUT2D eigenvalue weighted by molar-refractivity contribution is 5.96. The van der Waals surface area contributed by atoms with Crippen LogP contribution in [0.3, 0.4) is 0 Å². The standard InChI is InChI=1S/C13H20N4O4/c1-8(2)4-10(13(20)21)16-11(18)6-14-12(19)9-5-15-17(3)7-9/h5,7-8,10H,4,6H2,1-3H3,(H,14,19)(H,16,18)(H,20,21)/t10-/m0/s1. The molecule has 0 aliphatic carbocycles. The Labute approximate surface area is 122 Å². The molecule has 1 aromatic heterocycles. The molecule has 0 fully saturated rings. The molecule has 0 saturated carbocycles. The van der Waals surface area contributed by atoms with E-state index in [9.17, 15) is 14.4 Å². The Bertz CT molecular complexity index is 524. The molecule has 0 bridgehead atoms. The monoisotopic (exact) mass is 296 g/mol. The maximum atomic E-state index is 11.7. The molecule has 0 aliphatic heterocycles. The minimum Gasteiger partial charge on any atom is -0.480 e. The maximum absolute atomic E-state index is 11.7. The Morgan fingerprint density at radius 3 is 2.52 bits per heavy atom. The third-order valence-corrected chi connectivity index (χ3v) is 2.72. The minimum atomic E-state index is -1.09. The summed E-state index contributed by atoms with van der Waals surface area (Å²) in [6.07, 6.45) is 3.23. The molecule has 1 heterocycles. The number of amides is 2. The van der Waals surface area contributed by atoms with E-state index in [0.29, 0.717) is 12.0 Å². The Hall–Kier alpha value is -2.38. The lowest BCUT2D eigenvalue weighted by Gasteiger charge is -2.16. The molecule has 0 aliphatic rings. The second-order valence-electron chi connectivity index (χ2n) is 5.17. The Balaban J connectivity index is 2.45. The van der Waals surface area contributed by atoms with E-state index in [-0.39, 0.29) is 12.5 Å². The van der Waals surface area contributed by atoms with E-state index in [1.54, 1.807) is 7.05 Å². The van der Waals surface area contributed by atoms with Crippen LogP contribution < -0.4 is 10.6 Å². The van der Waals surface area contributed by atoms with Crippen molar-refractivity contribution in [3.05, 3.63) is 18.0 Å². The van der Waals surface area contributed by atoms with Crippen LogP contribution in [0.25, 0.3) is 0 Å². The van der Waals surface area contributed by atoms with Gasteiger partial charge in [-0.05, 0) is 12.3 Å². The van der Waals surface area contributed by atoms with Crippen molar-refractivity contribution in [1.29, 1.82) is 0 Å². The van der Waals surface area contributed by atoms with Crippen molar-refractivity contribution in [2.45, 2.75) is 26.3 Å². The fraction of sp³-hybridized carbons (Fsp3) is 0.538. The van der Waals surface area contributed by atoms with Gasteiger partial charge in [-0.3, -0.25) is 14.3 Å². The molecule has 1 aromatic rings. The van der Waals surface area contributed by atoms with Crippen molar-refractivity contribution in [2.24, 2.45) is 13.0 Å². The predicted octanol–water partition coefficient (Wildman–Crippen LogP) is -0.235. The van der Waals surface area contributed by atoms with Gasteiger partial charge in [-0.2, -0.15) is 5.10 Å². The number of carboxylic acid groups (broad SMARTS) is 1. The van der Waals surface area contributed by atoms with Gasteiger partial charge in [0, 0.05) is 13.2 Å². The predicted molar refractivity (Wildman–Crippen MR) is 74.6 cm³/mol. The van der Waals surface area contributed by atoms with Gasteiger partial charge in [-0.25, -0.2) is 4.79 Å². The van der Waals surface area contributed by atoms with E-state index < -0.39 is 23.8 Å². The zero-order valence-corrected chi connectivity index (χ0v) is 12.3. The summed E-state index contributed by atoms with van der Waals surface area (Å²) >= 11 is 0. The van der Waals surface area contributed by atoms with Crippen LogP contribution in [0.15, 0.2) is 12.4 Å². The summed E-state index contributed by atoms with van der Waals surface area (Å²) in [5, 5.41) is 17.7. The molecule has 8 nitrogen and oxygen atoms in total. The number of nitrogens with zero attached hydrogens (tertiary/aromatic N) is 2. The van der Waals surface area contributed by atoms with Gasteiger partial charge in [0.2, 0.25) is 5.91 Å². The summed E-state index contributed by atoms with van der Waals surface area (Å²) in [6.45, 7) is 3.45. The summed E-state index contributed by atoms with van der Waals surface area (Å²) in [5.74, 6) is -1.93. The van der Waals surface area contributed by atoms with Crippen molar-refractivity contribution < 1.29 is 19.5 Å². The van der Waals surface area contributed by atoms with E-state index in [0.717, 1.165) is 0 Å². The van der Waals surface area contributed by atoms with Crippen molar-refractivity contribution in [1.82, 2.24) is 20.4 Å². The van der Waals surface area contributed by atoms with Crippen LogP contribution >= 0.6 is 0 Å². The molecule has 3 N–H and O–H groups in total. The van der Waals surface area contributed by atoms with Crippen LogP contribution in [0, 0.1) is 5.92 Å². The number of carbonyl (C=O) groups excluding carboxylic acids is 2. The van der Waals surface area contributed by atoms with Crippen molar-refractivity contribution in [3.63, 3.8) is 0 Å². The van der Waals surface area contributed by atoms with Crippen LogP contribution in [0.4, 0.5) is 0 Å². The average Bonchev–Trinajstić information content (AvgIpc) is 2.81. The Morgan fingerprint density at radius 2 is 2.05 bits per heavy atom. The summed E-state index contributed by atoms with van der Waals surface area (Å²) < 4.78 is 1.47. The molecule has 0 spiro atoms. The highest BCUT2D eigenvalue weighted by Gasteiger charge is 2.21. The first-order chi connectivity index (χ1) is 9.79. The first-order valence-corrected chi connectivity index (χ1v) is 6.58. The smallest absolute Gasteiger partial charge is 0.326 e. The number of carbonyl (C=O) groups is 3. The molecule has 0 saturated heterocycles. The number of aromatic nitrogens is 2. The zero-order chi connectivity index (χ0) is 16.0. The normalized spacial score (nSPS) is 12.0. The zero-order valence-electron chi connectivity index (χ0n) is 12.3. The van der Waals surface area contributed by atoms with Gasteiger partial charge >= 0.3 is 5.97 Å². The molecule has 1 rings (SSSR count). The fourth-order valence-electron chi connectivity index (χ4n) is 1.74. The van der Waals surface area contributed by atoms with E-state index in [4.69, 9.17) is 5.11 Å². The second kappa shape index (κ2) is 7.41. The van der Waals surface area contributed by atoms with Gasteiger partial charge in [0.1, 0.15) is 6.04 Å². The second-order valence-corrected chi connectivity index (χ2v) is 5.17. The molecule has 116 valence electrons. The first kappa shape index (κ1) is 16.7. The number of aliphatic carboxylic acids is 1. The molecule has 0 aromatic carbocycles. The topological polar surface area (TPSA) is 113 Å². The third kappa shape index (κ3) is 5.64. The third-order valence-electron chi connectivity index (χ3n) is 2.72. The Kier molecular flexibility index (Phi) is 5.89. The fourth-order valence-corrected chi connectivity index (χ4v) is 1.74. The molecule has 2 amide bonds. The van der Waals surface area contributed by atoms with Gasteiger partial charge in [0.05, 0.1) is 18.3 Å². The summed E-state index contributed by atoms with van der Waals surface area (Å²) in [7, 11) is 1.67. The highest BCUT2D eigenvalue weighted by Crippen LogP contribution is 2.04. The number of hydrogen-bond acceptors (Lipinski definition) is 4. The molecule has 8 heteroatoms. The van der Waals surface area contributed by atoms with Crippen molar-refractivity contribution in [2.75, 3.05) is 6.54 Å². The van der Waals surface area contributed by atoms with Gasteiger partial charge in [-0.1, -0.05) is 13.8 Å². The van der Waals surface area contributed by atoms with Crippen LogP contribution in [0.2, 0.25) is 0 Å². The summed E-state index contributed by atoms with van der Waals surface area (Å²) in [4.78, 5) is 34.4. The van der Waals surface area contributed by atoms with Gasteiger partial charge in [0.15, 0.2) is 0 Å². The lowest BCUT2D eigenvalue weighted by atomic mass is 10.0. The van der Waals surface area contributed by atoms with E-state index >= 15 is 0 Å². The van der Waals surface area contributed by atoms with Gasteiger partial charge < -0.3 is 15.7 Å². The molecule has 0 unspecified atom stereocenters. The lowest BCUT2D eigenvalue weighted by Crippen LogP contribution is -2.46. The number of nitrogens with one attached hydrogen (secondary N) is 2. The molecular weight excluding hydrogens is 276 g/mol. The van der Waals surface area contributed by atoms with Crippen molar-refractivity contribution in [3.8, 4) is 0 Å². The van der Waals surface area contributed by atoms with Crippen LogP contribution in [0.5, 0.6) is 0 Å². The molecular formula is C13H20N4O4. The quantitative estimate of drug-likeness (QED) is 0.643.